The number of fused-ring (bicyclic) bond motifs is 1. The molecule has 3 heterocycles. The van der Waals surface area contributed by atoms with E-state index in [1.165, 1.54) is 12.8 Å². The summed E-state index contributed by atoms with van der Waals surface area (Å²) in [7, 11) is 0. The van der Waals surface area contributed by atoms with Crippen LogP contribution in [0.3, 0.4) is 0 Å². The van der Waals surface area contributed by atoms with Crippen molar-refractivity contribution in [1.82, 2.24) is 19.9 Å². The number of aryl methyl sites for hydroxylation is 1. The van der Waals surface area contributed by atoms with Gasteiger partial charge in [-0.05, 0) is 75.7 Å². The number of rotatable bonds is 6. The van der Waals surface area contributed by atoms with E-state index in [0.29, 0.717) is 24.4 Å². The highest BCUT2D eigenvalue weighted by Gasteiger charge is 2.22. The molecule has 2 aliphatic rings. The number of aliphatic hydroxyl groups excluding tert-OH is 1. The topological polar surface area (TPSA) is 87.1 Å². The molecule has 0 spiro atoms. The predicted molar refractivity (Wildman–Crippen MR) is 133 cm³/mol. The van der Waals surface area contributed by atoms with E-state index in [2.05, 4.69) is 21.3 Å². The highest BCUT2D eigenvalue weighted by Crippen LogP contribution is 2.28. The minimum atomic E-state index is 0.297. The van der Waals surface area contributed by atoms with Crippen LogP contribution < -0.4 is 10.2 Å². The third-order valence-electron chi connectivity index (χ3n) is 6.79. The van der Waals surface area contributed by atoms with E-state index in [1.54, 1.807) is 0 Å². The van der Waals surface area contributed by atoms with Gasteiger partial charge in [-0.3, -0.25) is 0 Å². The van der Waals surface area contributed by atoms with Crippen LogP contribution in [0.2, 0.25) is 0 Å². The van der Waals surface area contributed by atoms with Crippen LogP contribution >= 0.6 is 0 Å². The lowest BCUT2D eigenvalue weighted by atomic mass is 9.86. The third kappa shape index (κ3) is 5.14. The molecule has 7 nitrogen and oxygen atoms in total. The monoisotopic (exact) mass is 444 g/mol. The number of aromatic nitrogens is 4. The second-order valence-corrected chi connectivity index (χ2v) is 9.22. The summed E-state index contributed by atoms with van der Waals surface area (Å²) in [5.74, 6) is 2.98. The van der Waals surface area contributed by atoms with E-state index in [0.717, 1.165) is 72.8 Å². The maximum absolute atomic E-state index is 9.43. The van der Waals surface area contributed by atoms with Crippen molar-refractivity contribution in [3.05, 3.63) is 47.5 Å². The molecule has 1 saturated heterocycles. The van der Waals surface area contributed by atoms with Crippen molar-refractivity contribution in [2.24, 2.45) is 5.92 Å². The van der Waals surface area contributed by atoms with Crippen molar-refractivity contribution >= 4 is 34.8 Å². The first-order valence-electron chi connectivity index (χ1n) is 12.1. The van der Waals surface area contributed by atoms with Gasteiger partial charge in [0.05, 0.1) is 22.4 Å². The predicted octanol–water partition coefficient (Wildman–Crippen LogP) is 4.46. The average molecular weight is 445 g/mol. The number of benzene rings is 1. The molecule has 7 heteroatoms. The molecular weight excluding hydrogens is 412 g/mol. The Morgan fingerprint density at radius 3 is 2.42 bits per heavy atom. The standard InChI is InChI=1S/C26H32N6O/c1-18-21(29-23-7-3-2-6-22(23)27-18)12-13-24-30-25(16-26(31-24)32-14-4-5-15-32)28-20-10-8-19(17-33)9-11-20/h2-3,6-7,12-13,16,19-20,33H,4-5,8-11,14-15,17H2,1H3,(H,28,30,31)/b13-12+/t19-,20-. The van der Waals surface area contributed by atoms with Gasteiger partial charge in [0.2, 0.25) is 0 Å². The zero-order chi connectivity index (χ0) is 22.6. The Bertz CT molecular complexity index is 1130. The molecule has 0 radical (unpaired) electrons. The molecule has 1 aliphatic heterocycles. The summed E-state index contributed by atoms with van der Waals surface area (Å²) in [5, 5.41) is 13.1. The Morgan fingerprint density at radius 1 is 0.970 bits per heavy atom. The molecule has 1 aromatic carbocycles. The third-order valence-corrected chi connectivity index (χ3v) is 6.79. The molecule has 0 bridgehead atoms. The minimum absolute atomic E-state index is 0.297. The van der Waals surface area contributed by atoms with Crippen molar-refractivity contribution in [1.29, 1.82) is 0 Å². The normalized spacial score (nSPS) is 21.2. The fraction of sp³-hybridized carbons (Fsp3) is 0.462. The molecule has 2 fully saturated rings. The van der Waals surface area contributed by atoms with Crippen LogP contribution in [0.1, 0.15) is 55.7 Å². The van der Waals surface area contributed by atoms with Crippen molar-refractivity contribution < 1.29 is 5.11 Å². The summed E-state index contributed by atoms with van der Waals surface area (Å²) in [6.07, 6.45) is 10.6. The SMILES string of the molecule is Cc1nc2ccccc2nc1/C=C/c1nc(N[C@H]2CC[C@H](CO)CC2)cc(N2CCCC2)n1. The lowest BCUT2D eigenvalue weighted by Crippen LogP contribution is -2.28. The number of hydrogen-bond acceptors (Lipinski definition) is 7. The zero-order valence-corrected chi connectivity index (χ0v) is 19.2. The molecule has 2 N–H and O–H groups in total. The summed E-state index contributed by atoms with van der Waals surface area (Å²) in [6, 6.07) is 10.4. The summed E-state index contributed by atoms with van der Waals surface area (Å²) in [5.41, 5.74) is 3.51. The quantitative estimate of drug-likeness (QED) is 0.580. The van der Waals surface area contributed by atoms with Gasteiger partial charge in [0, 0.05) is 31.8 Å². The smallest absolute Gasteiger partial charge is 0.156 e. The second-order valence-electron chi connectivity index (χ2n) is 9.22. The summed E-state index contributed by atoms with van der Waals surface area (Å²) < 4.78 is 0. The molecule has 1 saturated carbocycles. The fourth-order valence-electron chi connectivity index (χ4n) is 4.82. The Hall–Kier alpha value is -3.06. The molecule has 1 aliphatic carbocycles. The van der Waals surface area contributed by atoms with Crippen LogP contribution in [-0.2, 0) is 0 Å². The van der Waals surface area contributed by atoms with Gasteiger partial charge < -0.3 is 15.3 Å². The Kier molecular flexibility index (Phi) is 6.48. The Balaban J connectivity index is 1.40. The van der Waals surface area contributed by atoms with Crippen LogP contribution in [0.5, 0.6) is 0 Å². The summed E-state index contributed by atoms with van der Waals surface area (Å²) in [6.45, 7) is 4.36. The molecule has 0 amide bonds. The van der Waals surface area contributed by atoms with E-state index in [1.807, 2.05) is 43.3 Å². The van der Waals surface area contributed by atoms with E-state index in [-0.39, 0.29) is 0 Å². The molecule has 5 rings (SSSR count). The Labute approximate surface area is 195 Å². The van der Waals surface area contributed by atoms with Crippen LogP contribution in [0.25, 0.3) is 23.2 Å². The molecule has 0 unspecified atom stereocenters. The highest BCUT2D eigenvalue weighted by atomic mass is 16.3. The molecule has 2 aromatic heterocycles. The van der Waals surface area contributed by atoms with Gasteiger partial charge in [0.15, 0.2) is 5.82 Å². The molecular formula is C26H32N6O. The molecule has 3 aromatic rings. The lowest BCUT2D eigenvalue weighted by Gasteiger charge is -2.28. The van der Waals surface area contributed by atoms with E-state index >= 15 is 0 Å². The van der Waals surface area contributed by atoms with Gasteiger partial charge in [0.1, 0.15) is 11.6 Å². The Morgan fingerprint density at radius 2 is 1.70 bits per heavy atom. The zero-order valence-electron chi connectivity index (χ0n) is 19.2. The maximum Gasteiger partial charge on any atom is 0.156 e. The molecule has 33 heavy (non-hydrogen) atoms. The largest absolute Gasteiger partial charge is 0.396 e. The number of anilines is 2. The van der Waals surface area contributed by atoms with Crippen molar-refractivity contribution in [3.8, 4) is 0 Å². The molecule has 0 atom stereocenters. The number of para-hydroxylation sites is 2. The second kappa shape index (κ2) is 9.83. The van der Waals surface area contributed by atoms with E-state index in [9.17, 15) is 5.11 Å². The van der Waals surface area contributed by atoms with Crippen molar-refractivity contribution in [2.75, 3.05) is 29.9 Å². The first kappa shape index (κ1) is 21.8. The molecule has 172 valence electrons. The van der Waals surface area contributed by atoms with Gasteiger partial charge >= 0.3 is 0 Å². The fourth-order valence-corrected chi connectivity index (χ4v) is 4.82. The van der Waals surface area contributed by atoms with Crippen LogP contribution in [-0.4, -0.2) is 50.8 Å². The van der Waals surface area contributed by atoms with Gasteiger partial charge in [0.25, 0.3) is 0 Å². The van der Waals surface area contributed by atoms with Gasteiger partial charge in [-0.25, -0.2) is 19.9 Å². The van der Waals surface area contributed by atoms with Gasteiger partial charge in [-0.1, -0.05) is 12.1 Å². The van der Waals surface area contributed by atoms with E-state index < -0.39 is 0 Å². The summed E-state index contributed by atoms with van der Waals surface area (Å²) in [4.78, 5) is 21.5. The van der Waals surface area contributed by atoms with Crippen molar-refractivity contribution in [2.45, 2.75) is 51.5 Å². The van der Waals surface area contributed by atoms with Crippen LogP contribution in [0, 0.1) is 12.8 Å². The maximum atomic E-state index is 9.43. The van der Waals surface area contributed by atoms with Crippen molar-refractivity contribution in [3.63, 3.8) is 0 Å². The van der Waals surface area contributed by atoms with E-state index in [4.69, 9.17) is 15.0 Å². The number of nitrogens with one attached hydrogen (secondary N) is 1. The van der Waals surface area contributed by atoms with Gasteiger partial charge in [-0.15, -0.1) is 0 Å². The first-order valence-corrected chi connectivity index (χ1v) is 12.1. The number of nitrogens with zero attached hydrogens (tertiary/aromatic N) is 5. The summed E-state index contributed by atoms with van der Waals surface area (Å²) >= 11 is 0. The van der Waals surface area contributed by atoms with Crippen LogP contribution in [0.4, 0.5) is 11.6 Å². The average Bonchev–Trinajstić information content (AvgIpc) is 3.38. The van der Waals surface area contributed by atoms with Gasteiger partial charge in [-0.2, -0.15) is 0 Å². The number of aliphatic hydroxyl groups is 1. The van der Waals surface area contributed by atoms with Crippen LogP contribution in [0.15, 0.2) is 30.3 Å². The highest BCUT2D eigenvalue weighted by molar-refractivity contribution is 5.77. The number of hydrogen-bond donors (Lipinski definition) is 2. The lowest BCUT2D eigenvalue weighted by molar-refractivity contribution is 0.185. The minimum Gasteiger partial charge on any atom is -0.396 e. The first-order chi connectivity index (χ1) is 16.2.